The number of aromatic nitrogens is 1. The molecule has 7 nitrogen and oxygen atoms in total. The summed E-state index contributed by atoms with van der Waals surface area (Å²) in [5, 5.41) is 11.0. The van der Waals surface area contributed by atoms with Crippen LogP contribution in [0.1, 0.15) is 24.3 Å². The average molecular weight is 282 g/mol. The van der Waals surface area contributed by atoms with Crippen LogP contribution in [0, 0.1) is 0 Å². The summed E-state index contributed by atoms with van der Waals surface area (Å²) in [6.45, 7) is 3.64. The number of carbonyl (C=O) groups is 2. The number of carboxylic acid groups (broad SMARTS) is 1. The number of hydrogen-bond acceptors (Lipinski definition) is 5. The summed E-state index contributed by atoms with van der Waals surface area (Å²) in [7, 11) is 0. The van der Waals surface area contributed by atoms with Gasteiger partial charge in [-0.3, -0.25) is 4.79 Å². The predicted octanol–water partition coefficient (Wildman–Crippen LogP) is 0.700. The van der Waals surface area contributed by atoms with Crippen molar-refractivity contribution in [1.29, 1.82) is 0 Å². The van der Waals surface area contributed by atoms with Crippen molar-refractivity contribution >= 4 is 11.9 Å². The zero-order chi connectivity index (χ0) is 15.0. The number of pyridine rings is 1. The molecule has 1 rings (SSSR count). The molecule has 1 heterocycles. The summed E-state index contributed by atoms with van der Waals surface area (Å²) in [5.41, 5.74) is 0.194. The summed E-state index contributed by atoms with van der Waals surface area (Å²) in [5.74, 6) is -1.03. The topological polar surface area (TPSA) is 97.8 Å². The van der Waals surface area contributed by atoms with Crippen LogP contribution >= 0.6 is 0 Å². The molecule has 0 unspecified atom stereocenters. The number of carboxylic acids is 1. The molecule has 20 heavy (non-hydrogen) atoms. The van der Waals surface area contributed by atoms with Crippen molar-refractivity contribution in [2.24, 2.45) is 0 Å². The van der Waals surface area contributed by atoms with Gasteiger partial charge in [-0.2, -0.15) is 0 Å². The number of nitrogens with zero attached hydrogens (tertiary/aromatic N) is 1. The SMILES string of the molecule is CC(C)Oc1cccnc1C(=O)NCCOCC(=O)O. The lowest BCUT2D eigenvalue weighted by atomic mass is 10.3. The monoisotopic (exact) mass is 282 g/mol. The first-order valence-corrected chi connectivity index (χ1v) is 6.20. The van der Waals surface area contributed by atoms with E-state index < -0.39 is 5.97 Å². The molecule has 0 aliphatic heterocycles. The van der Waals surface area contributed by atoms with E-state index >= 15 is 0 Å². The van der Waals surface area contributed by atoms with Crippen LogP contribution in [0.25, 0.3) is 0 Å². The van der Waals surface area contributed by atoms with Crippen molar-refractivity contribution in [3.05, 3.63) is 24.0 Å². The number of nitrogens with one attached hydrogen (secondary N) is 1. The minimum atomic E-state index is -1.05. The third-order valence-electron chi connectivity index (χ3n) is 2.11. The molecule has 0 saturated heterocycles. The first kappa shape index (κ1) is 15.9. The van der Waals surface area contributed by atoms with E-state index in [1.165, 1.54) is 6.20 Å². The van der Waals surface area contributed by atoms with Crippen molar-refractivity contribution in [3.8, 4) is 5.75 Å². The van der Waals surface area contributed by atoms with E-state index in [4.69, 9.17) is 14.6 Å². The highest BCUT2D eigenvalue weighted by Crippen LogP contribution is 2.16. The maximum absolute atomic E-state index is 11.9. The second-order valence-corrected chi connectivity index (χ2v) is 4.22. The number of rotatable bonds is 8. The van der Waals surface area contributed by atoms with Crippen molar-refractivity contribution < 1.29 is 24.2 Å². The Hall–Kier alpha value is -2.15. The second kappa shape index (κ2) is 8.11. The fourth-order valence-electron chi connectivity index (χ4n) is 1.39. The molecule has 110 valence electrons. The number of carbonyl (C=O) groups excluding carboxylic acids is 1. The summed E-state index contributed by atoms with van der Waals surface area (Å²) >= 11 is 0. The fourth-order valence-corrected chi connectivity index (χ4v) is 1.39. The van der Waals surface area contributed by atoms with E-state index in [1.807, 2.05) is 13.8 Å². The van der Waals surface area contributed by atoms with Gasteiger partial charge in [0.1, 0.15) is 6.61 Å². The Morgan fingerprint density at radius 1 is 1.45 bits per heavy atom. The molecule has 0 aromatic carbocycles. The Morgan fingerprint density at radius 2 is 2.20 bits per heavy atom. The van der Waals surface area contributed by atoms with Gasteiger partial charge < -0.3 is 19.9 Å². The van der Waals surface area contributed by atoms with Crippen LogP contribution < -0.4 is 10.1 Å². The summed E-state index contributed by atoms with van der Waals surface area (Å²) in [6.07, 6.45) is 1.44. The van der Waals surface area contributed by atoms with Crippen molar-refractivity contribution in [1.82, 2.24) is 10.3 Å². The second-order valence-electron chi connectivity index (χ2n) is 4.22. The number of aliphatic carboxylic acids is 1. The third-order valence-corrected chi connectivity index (χ3v) is 2.11. The molecule has 1 amide bonds. The first-order chi connectivity index (χ1) is 9.50. The third kappa shape index (κ3) is 5.66. The standard InChI is InChI=1S/C13H18N2O5/c1-9(2)20-10-4-3-5-14-12(10)13(18)15-6-7-19-8-11(16)17/h3-5,9H,6-8H2,1-2H3,(H,15,18)(H,16,17). The van der Waals surface area contributed by atoms with Gasteiger partial charge in [0.25, 0.3) is 5.91 Å². The molecule has 0 aliphatic carbocycles. The van der Waals surface area contributed by atoms with Gasteiger partial charge in [-0.1, -0.05) is 0 Å². The van der Waals surface area contributed by atoms with Gasteiger partial charge in [0.15, 0.2) is 11.4 Å². The molecule has 0 fully saturated rings. The average Bonchev–Trinajstić information content (AvgIpc) is 2.37. The summed E-state index contributed by atoms with van der Waals surface area (Å²) in [4.78, 5) is 26.1. The lowest BCUT2D eigenvalue weighted by Crippen LogP contribution is -2.29. The van der Waals surface area contributed by atoms with Crippen molar-refractivity contribution in [2.45, 2.75) is 20.0 Å². The van der Waals surface area contributed by atoms with Crippen molar-refractivity contribution in [3.63, 3.8) is 0 Å². The fraction of sp³-hybridized carbons (Fsp3) is 0.462. The van der Waals surface area contributed by atoms with Crippen LogP contribution in [-0.4, -0.2) is 47.8 Å². The zero-order valence-electron chi connectivity index (χ0n) is 11.5. The quantitative estimate of drug-likeness (QED) is 0.681. The van der Waals surface area contributed by atoms with E-state index in [9.17, 15) is 9.59 Å². The predicted molar refractivity (Wildman–Crippen MR) is 70.8 cm³/mol. The Kier molecular flexibility index (Phi) is 6.45. The van der Waals surface area contributed by atoms with E-state index in [1.54, 1.807) is 12.1 Å². The van der Waals surface area contributed by atoms with Gasteiger partial charge in [0.2, 0.25) is 0 Å². The number of ether oxygens (including phenoxy) is 2. The highest BCUT2D eigenvalue weighted by Gasteiger charge is 2.14. The molecule has 1 aromatic heterocycles. The smallest absolute Gasteiger partial charge is 0.329 e. The maximum Gasteiger partial charge on any atom is 0.329 e. The molecule has 0 radical (unpaired) electrons. The van der Waals surface area contributed by atoms with Crippen LogP contribution in [0.2, 0.25) is 0 Å². The zero-order valence-corrected chi connectivity index (χ0v) is 11.5. The van der Waals surface area contributed by atoms with Gasteiger partial charge in [0, 0.05) is 12.7 Å². The molecular weight excluding hydrogens is 264 g/mol. The normalized spacial score (nSPS) is 10.3. The molecule has 0 aliphatic rings. The Morgan fingerprint density at radius 3 is 2.85 bits per heavy atom. The van der Waals surface area contributed by atoms with Crippen LogP contribution in [0.15, 0.2) is 18.3 Å². The van der Waals surface area contributed by atoms with Crippen LogP contribution in [0.4, 0.5) is 0 Å². The molecule has 7 heteroatoms. The minimum Gasteiger partial charge on any atom is -0.489 e. The maximum atomic E-state index is 11.9. The lowest BCUT2D eigenvalue weighted by Gasteiger charge is -2.13. The highest BCUT2D eigenvalue weighted by molar-refractivity contribution is 5.94. The van der Waals surface area contributed by atoms with Gasteiger partial charge >= 0.3 is 5.97 Å². The van der Waals surface area contributed by atoms with E-state index in [2.05, 4.69) is 10.3 Å². The van der Waals surface area contributed by atoms with Gasteiger partial charge in [0.05, 0.1) is 12.7 Å². The molecule has 0 atom stereocenters. The Bertz CT molecular complexity index is 462. The summed E-state index contributed by atoms with van der Waals surface area (Å²) in [6, 6.07) is 3.35. The van der Waals surface area contributed by atoms with Gasteiger partial charge in [-0.25, -0.2) is 9.78 Å². The molecule has 0 saturated carbocycles. The van der Waals surface area contributed by atoms with Crippen LogP contribution in [0.5, 0.6) is 5.75 Å². The number of hydrogen-bond donors (Lipinski definition) is 2. The summed E-state index contributed by atoms with van der Waals surface area (Å²) < 4.78 is 10.3. The largest absolute Gasteiger partial charge is 0.489 e. The van der Waals surface area contributed by atoms with Crippen LogP contribution in [-0.2, 0) is 9.53 Å². The molecule has 0 bridgehead atoms. The Labute approximate surface area is 116 Å². The Balaban J connectivity index is 2.48. The van der Waals surface area contributed by atoms with Gasteiger partial charge in [-0.05, 0) is 26.0 Å². The van der Waals surface area contributed by atoms with Crippen LogP contribution in [0.3, 0.4) is 0 Å². The van der Waals surface area contributed by atoms with E-state index in [0.29, 0.717) is 5.75 Å². The molecule has 2 N–H and O–H groups in total. The van der Waals surface area contributed by atoms with E-state index in [0.717, 1.165) is 0 Å². The molecular formula is C13H18N2O5. The molecule has 1 aromatic rings. The van der Waals surface area contributed by atoms with Gasteiger partial charge in [-0.15, -0.1) is 0 Å². The number of amides is 1. The van der Waals surface area contributed by atoms with Crippen molar-refractivity contribution in [2.75, 3.05) is 19.8 Å². The minimum absolute atomic E-state index is 0.0651. The lowest BCUT2D eigenvalue weighted by molar-refractivity contribution is -0.142. The first-order valence-electron chi connectivity index (χ1n) is 6.20. The van der Waals surface area contributed by atoms with E-state index in [-0.39, 0.29) is 37.5 Å². The molecule has 0 spiro atoms. The highest BCUT2D eigenvalue weighted by atomic mass is 16.5.